The van der Waals surface area contributed by atoms with Gasteiger partial charge in [-0.15, -0.1) is 0 Å². The molecule has 3 rings (SSSR count). The molecule has 0 radical (unpaired) electrons. The molecule has 1 heterocycles. The quantitative estimate of drug-likeness (QED) is 0.717. The first-order valence-electron chi connectivity index (χ1n) is 9.85. The van der Waals surface area contributed by atoms with E-state index in [0.29, 0.717) is 48.1 Å². The highest BCUT2D eigenvalue weighted by molar-refractivity contribution is 5.95. The minimum atomic E-state index is -0.234. The molecule has 1 unspecified atom stereocenters. The van der Waals surface area contributed by atoms with E-state index < -0.39 is 0 Å². The van der Waals surface area contributed by atoms with Gasteiger partial charge >= 0.3 is 0 Å². The van der Waals surface area contributed by atoms with Crippen LogP contribution in [0.5, 0.6) is 23.0 Å². The number of nitrogens with one attached hydrogen (secondary N) is 1. The van der Waals surface area contributed by atoms with E-state index >= 15 is 0 Å². The average molecular weight is 415 g/mol. The Morgan fingerprint density at radius 2 is 1.70 bits per heavy atom. The van der Waals surface area contributed by atoms with Crippen molar-refractivity contribution in [1.29, 1.82) is 0 Å². The molecule has 30 heavy (non-hydrogen) atoms. The third-order valence-electron chi connectivity index (χ3n) is 5.82. The van der Waals surface area contributed by atoms with Gasteiger partial charge < -0.3 is 29.4 Å². The average Bonchev–Trinajstić information content (AvgIpc) is 3.18. The molecule has 0 bridgehead atoms. The summed E-state index contributed by atoms with van der Waals surface area (Å²) in [6.07, 6.45) is 0.520. The van der Waals surface area contributed by atoms with Crippen LogP contribution in [-0.2, 0) is 11.3 Å². The molecule has 0 aromatic heterocycles. The van der Waals surface area contributed by atoms with Crippen molar-refractivity contribution in [1.82, 2.24) is 5.32 Å². The molecule has 0 spiro atoms. The number of rotatable bonds is 7. The Hall–Kier alpha value is -2.93. The SMILES string of the molecule is COc1cc(C(=O)NCCC2OCc3c(C)c(O)c(C)c(C)c32)cc(OC)c1OC. The van der Waals surface area contributed by atoms with Crippen LogP contribution < -0.4 is 19.5 Å². The van der Waals surface area contributed by atoms with Crippen LogP contribution in [0.4, 0.5) is 0 Å². The number of carbonyl (C=O) groups is 1. The number of benzene rings is 2. The van der Waals surface area contributed by atoms with Gasteiger partial charge in [0.25, 0.3) is 5.91 Å². The Bertz CT molecular complexity index is 944. The predicted molar refractivity (Wildman–Crippen MR) is 113 cm³/mol. The van der Waals surface area contributed by atoms with E-state index in [4.69, 9.17) is 18.9 Å². The molecule has 1 amide bonds. The van der Waals surface area contributed by atoms with Gasteiger partial charge in [-0.25, -0.2) is 0 Å². The lowest BCUT2D eigenvalue weighted by Crippen LogP contribution is -2.26. The highest BCUT2D eigenvalue weighted by atomic mass is 16.5. The molecule has 0 fully saturated rings. The standard InChI is InChI=1S/C23H29NO6/c1-12-13(2)21(25)14(3)16-11-30-17(20(12)16)7-8-24-23(26)15-9-18(27-4)22(29-6)19(10-15)28-5/h9-10,17,25H,7-8,11H2,1-6H3,(H,24,26). The zero-order chi connectivity index (χ0) is 22.0. The normalized spacial score (nSPS) is 14.9. The summed E-state index contributed by atoms with van der Waals surface area (Å²) in [5.74, 6) is 1.40. The summed E-state index contributed by atoms with van der Waals surface area (Å²) >= 11 is 0. The summed E-state index contributed by atoms with van der Waals surface area (Å²) in [7, 11) is 4.54. The maximum absolute atomic E-state index is 12.7. The molecule has 162 valence electrons. The van der Waals surface area contributed by atoms with Gasteiger partial charge in [-0.3, -0.25) is 4.79 Å². The van der Waals surface area contributed by atoms with Crippen LogP contribution >= 0.6 is 0 Å². The van der Waals surface area contributed by atoms with Crippen LogP contribution in [0.1, 0.15) is 50.7 Å². The molecule has 7 nitrogen and oxygen atoms in total. The summed E-state index contributed by atoms with van der Waals surface area (Å²) in [6.45, 7) is 6.75. The summed E-state index contributed by atoms with van der Waals surface area (Å²) in [6, 6.07) is 3.25. The number of carbonyl (C=O) groups excluding carboxylic acids is 1. The zero-order valence-corrected chi connectivity index (χ0v) is 18.3. The van der Waals surface area contributed by atoms with E-state index in [1.165, 1.54) is 21.3 Å². The Balaban J connectivity index is 1.72. The van der Waals surface area contributed by atoms with Gasteiger partial charge in [0, 0.05) is 12.1 Å². The largest absolute Gasteiger partial charge is 0.507 e. The third kappa shape index (κ3) is 3.77. The maximum atomic E-state index is 12.7. The number of hydrogen-bond acceptors (Lipinski definition) is 6. The summed E-state index contributed by atoms with van der Waals surface area (Å²) in [5.41, 5.74) is 5.40. The maximum Gasteiger partial charge on any atom is 0.251 e. The molecule has 2 aromatic rings. The molecular weight excluding hydrogens is 386 g/mol. The number of aromatic hydroxyl groups is 1. The third-order valence-corrected chi connectivity index (χ3v) is 5.82. The molecule has 7 heteroatoms. The highest BCUT2D eigenvalue weighted by Gasteiger charge is 2.29. The van der Waals surface area contributed by atoms with Gasteiger partial charge in [-0.1, -0.05) is 0 Å². The zero-order valence-electron chi connectivity index (χ0n) is 18.3. The van der Waals surface area contributed by atoms with Crippen molar-refractivity contribution in [2.75, 3.05) is 27.9 Å². The van der Waals surface area contributed by atoms with Crippen molar-refractivity contribution in [3.05, 3.63) is 45.5 Å². The molecule has 2 N–H and O–H groups in total. The number of hydrogen-bond donors (Lipinski definition) is 2. The number of fused-ring (bicyclic) bond motifs is 1. The van der Waals surface area contributed by atoms with Crippen molar-refractivity contribution in [2.45, 2.75) is 39.9 Å². The molecule has 1 atom stereocenters. The minimum Gasteiger partial charge on any atom is -0.507 e. The van der Waals surface area contributed by atoms with Gasteiger partial charge in [0.1, 0.15) is 5.75 Å². The van der Waals surface area contributed by atoms with Crippen LogP contribution in [0.15, 0.2) is 12.1 Å². The Labute approximate surface area is 176 Å². The monoisotopic (exact) mass is 415 g/mol. The van der Waals surface area contributed by atoms with Gasteiger partial charge in [0.15, 0.2) is 11.5 Å². The summed E-state index contributed by atoms with van der Waals surface area (Å²) in [5, 5.41) is 13.2. The second-order valence-electron chi connectivity index (χ2n) is 7.37. The lowest BCUT2D eigenvalue weighted by atomic mass is 9.90. The summed E-state index contributed by atoms with van der Waals surface area (Å²) in [4.78, 5) is 12.7. The second kappa shape index (κ2) is 8.83. The molecular formula is C23H29NO6. The van der Waals surface area contributed by atoms with Gasteiger partial charge in [-0.05, 0) is 67.1 Å². The smallest absolute Gasteiger partial charge is 0.251 e. The molecule has 0 saturated carbocycles. The van der Waals surface area contributed by atoms with Crippen LogP contribution in [0.3, 0.4) is 0 Å². The number of methoxy groups -OCH3 is 3. The number of phenols is 1. The Morgan fingerprint density at radius 3 is 2.27 bits per heavy atom. The van der Waals surface area contributed by atoms with Crippen LogP contribution in [0, 0.1) is 20.8 Å². The van der Waals surface area contributed by atoms with Gasteiger partial charge in [0.05, 0.1) is 34.0 Å². The van der Waals surface area contributed by atoms with E-state index in [1.54, 1.807) is 12.1 Å². The topological polar surface area (TPSA) is 86.3 Å². The number of ether oxygens (including phenoxy) is 4. The second-order valence-corrected chi connectivity index (χ2v) is 7.37. The van der Waals surface area contributed by atoms with Crippen LogP contribution in [-0.4, -0.2) is 38.9 Å². The fourth-order valence-corrected chi connectivity index (χ4v) is 3.98. The van der Waals surface area contributed by atoms with E-state index in [1.807, 2.05) is 20.8 Å². The van der Waals surface area contributed by atoms with Crippen LogP contribution in [0.2, 0.25) is 0 Å². The van der Waals surface area contributed by atoms with Crippen molar-refractivity contribution < 1.29 is 28.8 Å². The first kappa shape index (κ1) is 21.8. The van der Waals surface area contributed by atoms with Crippen molar-refractivity contribution in [3.63, 3.8) is 0 Å². The fraction of sp³-hybridized carbons (Fsp3) is 0.435. The van der Waals surface area contributed by atoms with Gasteiger partial charge in [-0.2, -0.15) is 0 Å². The number of amides is 1. The highest BCUT2D eigenvalue weighted by Crippen LogP contribution is 2.42. The van der Waals surface area contributed by atoms with E-state index in [0.717, 1.165) is 27.8 Å². The van der Waals surface area contributed by atoms with E-state index in [9.17, 15) is 9.90 Å². The molecule has 1 aliphatic rings. The van der Waals surface area contributed by atoms with Crippen molar-refractivity contribution in [2.24, 2.45) is 0 Å². The van der Waals surface area contributed by atoms with Gasteiger partial charge in [0.2, 0.25) is 5.75 Å². The lowest BCUT2D eigenvalue weighted by Gasteiger charge is -2.18. The minimum absolute atomic E-state index is 0.113. The molecule has 0 aliphatic carbocycles. The van der Waals surface area contributed by atoms with Crippen molar-refractivity contribution >= 4 is 5.91 Å². The van der Waals surface area contributed by atoms with E-state index in [2.05, 4.69) is 5.32 Å². The Morgan fingerprint density at radius 1 is 1.07 bits per heavy atom. The van der Waals surface area contributed by atoms with Crippen LogP contribution in [0.25, 0.3) is 0 Å². The summed E-state index contributed by atoms with van der Waals surface area (Å²) < 4.78 is 21.9. The predicted octanol–water partition coefficient (Wildman–Crippen LogP) is 3.73. The molecule has 1 aliphatic heterocycles. The molecule has 2 aromatic carbocycles. The molecule has 0 saturated heterocycles. The van der Waals surface area contributed by atoms with E-state index in [-0.39, 0.29) is 12.0 Å². The lowest BCUT2D eigenvalue weighted by molar-refractivity contribution is 0.0591. The first-order valence-corrected chi connectivity index (χ1v) is 9.85. The number of phenolic OH excluding ortho intramolecular Hbond substituents is 1. The Kier molecular flexibility index (Phi) is 6.41. The fourth-order valence-electron chi connectivity index (χ4n) is 3.98. The first-order chi connectivity index (χ1) is 14.3. The van der Waals surface area contributed by atoms with Crippen molar-refractivity contribution in [3.8, 4) is 23.0 Å².